The van der Waals surface area contributed by atoms with E-state index in [0.29, 0.717) is 13.1 Å². The fourth-order valence-corrected chi connectivity index (χ4v) is 4.49. The third kappa shape index (κ3) is 3.12. The van der Waals surface area contributed by atoms with Gasteiger partial charge in [-0.3, -0.25) is 0 Å². The van der Waals surface area contributed by atoms with Crippen molar-refractivity contribution in [2.75, 3.05) is 19.3 Å². The minimum Gasteiger partial charge on any atom is -0.303 e. The van der Waals surface area contributed by atoms with Crippen LogP contribution in [0.5, 0.6) is 0 Å². The first-order valence-electron chi connectivity index (χ1n) is 8.61. The molecule has 5 nitrogen and oxygen atoms in total. The molecule has 0 radical (unpaired) electrons. The maximum absolute atomic E-state index is 13.3. The van der Waals surface area contributed by atoms with Gasteiger partial charge in [0.05, 0.1) is 17.5 Å². The van der Waals surface area contributed by atoms with E-state index in [2.05, 4.69) is 4.40 Å². The molecule has 1 fully saturated rings. The van der Waals surface area contributed by atoms with Crippen molar-refractivity contribution >= 4 is 15.5 Å². The molecular weight excluding hydrogens is 353 g/mol. The molecule has 4 rings (SSSR count). The summed E-state index contributed by atoms with van der Waals surface area (Å²) in [5, 5.41) is 0. The van der Waals surface area contributed by atoms with Crippen molar-refractivity contribution in [1.82, 2.24) is 13.7 Å². The Morgan fingerprint density at radius 2 is 1.77 bits per heavy atom. The van der Waals surface area contributed by atoms with Crippen LogP contribution in [0, 0.1) is 5.82 Å². The highest BCUT2D eigenvalue weighted by molar-refractivity contribution is 7.88. The Kier molecular flexibility index (Phi) is 4.28. The predicted octanol–water partition coefficient (Wildman–Crippen LogP) is 3.28. The minimum atomic E-state index is -3.15. The lowest BCUT2D eigenvalue weighted by atomic mass is 9.97. The Morgan fingerprint density at radius 1 is 1.08 bits per heavy atom. The molecule has 0 aliphatic carbocycles. The van der Waals surface area contributed by atoms with E-state index in [4.69, 9.17) is 4.98 Å². The Balaban J connectivity index is 1.72. The normalized spacial score (nSPS) is 17.0. The van der Waals surface area contributed by atoms with Crippen LogP contribution in [0.25, 0.3) is 16.8 Å². The van der Waals surface area contributed by atoms with Gasteiger partial charge in [-0.15, -0.1) is 0 Å². The van der Waals surface area contributed by atoms with Gasteiger partial charge in [-0.05, 0) is 49.2 Å². The number of halogens is 1. The van der Waals surface area contributed by atoms with E-state index in [1.165, 1.54) is 22.7 Å². The first kappa shape index (κ1) is 17.2. The molecule has 0 spiro atoms. The SMILES string of the molecule is CS(=O)(=O)N1CCC(c2nc(-c3ccc(F)cc3)c3ccccn23)CC1. The van der Waals surface area contributed by atoms with E-state index in [-0.39, 0.29) is 11.7 Å². The molecule has 7 heteroatoms. The number of fused-ring (bicyclic) bond motifs is 1. The van der Waals surface area contributed by atoms with E-state index in [9.17, 15) is 12.8 Å². The summed E-state index contributed by atoms with van der Waals surface area (Å²) in [5.41, 5.74) is 2.67. The van der Waals surface area contributed by atoms with Gasteiger partial charge < -0.3 is 4.40 Å². The summed E-state index contributed by atoms with van der Waals surface area (Å²) in [6.45, 7) is 1.02. The topological polar surface area (TPSA) is 54.7 Å². The van der Waals surface area contributed by atoms with Crippen LogP contribution < -0.4 is 0 Å². The summed E-state index contributed by atoms with van der Waals surface area (Å²) in [7, 11) is -3.15. The van der Waals surface area contributed by atoms with Crippen LogP contribution in [-0.4, -0.2) is 41.5 Å². The number of hydrogen-bond donors (Lipinski definition) is 0. The number of aromatic nitrogens is 2. The van der Waals surface area contributed by atoms with Crippen LogP contribution in [0.3, 0.4) is 0 Å². The number of sulfonamides is 1. The standard InChI is InChI=1S/C19H20FN3O2S/c1-26(24,25)22-12-9-15(10-13-22)19-21-18(14-5-7-16(20)8-6-14)17-4-2-3-11-23(17)19/h2-8,11,15H,9-10,12-13H2,1H3. The molecule has 1 aromatic carbocycles. The largest absolute Gasteiger partial charge is 0.303 e. The Bertz CT molecular complexity index is 1040. The lowest BCUT2D eigenvalue weighted by Crippen LogP contribution is -2.37. The van der Waals surface area contributed by atoms with Gasteiger partial charge in [-0.1, -0.05) is 6.07 Å². The van der Waals surface area contributed by atoms with Gasteiger partial charge in [-0.2, -0.15) is 0 Å². The van der Waals surface area contributed by atoms with Crippen molar-refractivity contribution in [3.63, 3.8) is 0 Å². The number of benzene rings is 1. The Morgan fingerprint density at radius 3 is 2.42 bits per heavy atom. The number of imidazole rings is 1. The highest BCUT2D eigenvalue weighted by Crippen LogP contribution is 2.33. The van der Waals surface area contributed by atoms with Gasteiger partial charge in [0.15, 0.2) is 0 Å². The van der Waals surface area contributed by atoms with Gasteiger partial charge in [-0.25, -0.2) is 22.1 Å². The smallest absolute Gasteiger partial charge is 0.211 e. The van der Waals surface area contributed by atoms with Crippen molar-refractivity contribution in [1.29, 1.82) is 0 Å². The van der Waals surface area contributed by atoms with Gasteiger partial charge in [0.2, 0.25) is 10.0 Å². The molecule has 3 aromatic rings. The number of pyridine rings is 1. The molecule has 1 aliphatic rings. The molecule has 1 aliphatic heterocycles. The third-order valence-corrected chi connectivity index (χ3v) is 6.28. The molecule has 26 heavy (non-hydrogen) atoms. The highest BCUT2D eigenvalue weighted by Gasteiger charge is 2.28. The van der Waals surface area contributed by atoms with Crippen LogP contribution in [-0.2, 0) is 10.0 Å². The molecule has 0 saturated carbocycles. The Labute approximate surface area is 152 Å². The number of nitrogens with zero attached hydrogens (tertiary/aromatic N) is 3. The van der Waals surface area contributed by atoms with Crippen molar-refractivity contribution in [2.24, 2.45) is 0 Å². The zero-order valence-electron chi connectivity index (χ0n) is 14.5. The quantitative estimate of drug-likeness (QED) is 0.708. The summed E-state index contributed by atoms with van der Waals surface area (Å²) in [6.07, 6.45) is 4.71. The summed E-state index contributed by atoms with van der Waals surface area (Å²) < 4.78 is 40.3. The number of hydrogen-bond acceptors (Lipinski definition) is 3. The maximum Gasteiger partial charge on any atom is 0.211 e. The molecule has 0 amide bonds. The van der Waals surface area contributed by atoms with Crippen LogP contribution in [0.1, 0.15) is 24.6 Å². The minimum absolute atomic E-state index is 0.192. The third-order valence-electron chi connectivity index (χ3n) is 4.98. The molecular formula is C19H20FN3O2S. The molecule has 0 bridgehead atoms. The van der Waals surface area contributed by atoms with Crippen LogP contribution >= 0.6 is 0 Å². The molecule has 3 heterocycles. The molecule has 136 valence electrons. The fourth-order valence-electron chi connectivity index (χ4n) is 3.62. The molecule has 0 atom stereocenters. The summed E-state index contributed by atoms with van der Waals surface area (Å²) >= 11 is 0. The zero-order chi connectivity index (χ0) is 18.3. The lowest BCUT2D eigenvalue weighted by Gasteiger charge is -2.29. The second-order valence-corrected chi connectivity index (χ2v) is 8.70. The van der Waals surface area contributed by atoms with Crippen LogP contribution in [0.4, 0.5) is 4.39 Å². The van der Waals surface area contributed by atoms with E-state index in [0.717, 1.165) is 35.4 Å². The van der Waals surface area contributed by atoms with Crippen molar-refractivity contribution in [3.8, 4) is 11.3 Å². The highest BCUT2D eigenvalue weighted by atomic mass is 32.2. The molecule has 2 aromatic heterocycles. The van der Waals surface area contributed by atoms with Gasteiger partial charge in [0.1, 0.15) is 11.6 Å². The van der Waals surface area contributed by atoms with Crippen molar-refractivity contribution in [3.05, 3.63) is 60.3 Å². The Hall–Kier alpha value is -2.25. The summed E-state index contributed by atoms with van der Waals surface area (Å²) in [4.78, 5) is 4.87. The fraction of sp³-hybridized carbons (Fsp3) is 0.316. The van der Waals surface area contributed by atoms with E-state index in [1.807, 2.05) is 24.4 Å². The summed E-state index contributed by atoms with van der Waals surface area (Å²) in [5.74, 6) is 0.857. The molecule has 1 saturated heterocycles. The van der Waals surface area contributed by atoms with E-state index < -0.39 is 10.0 Å². The second-order valence-electron chi connectivity index (χ2n) is 6.72. The van der Waals surface area contributed by atoms with E-state index in [1.54, 1.807) is 12.1 Å². The monoisotopic (exact) mass is 373 g/mol. The number of piperidine rings is 1. The van der Waals surface area contributed by atoms with Crippen LogP contribution in [0.15, 0.2) is 48.7 Å². The molecule has 0 unspecified atom stereocenters. The van der Waals surface area contributed by atoms with Crippen molar-refractivity contribution in [2.45, 2.75) is 18.8 Å². The average molecular weight is 373 g/mol. The predicted molar refractivity (Wildman–Crippen MR) is 99.0 cm³/mol. The zero-order valence-corrected chi connectivity index (χ0v) is 15.3. The second kappa shape index (κ2) is 6.48. The number of rotatable bonds is 3. The lowest BCUT2D eigenvalue weighted by molar-refractivity contribution is 0.315. The summed E-state index contributed by atoms with van der Waals surface area (Å²) in [6, 6.07) is 12.3. The van der Waals surface area contributed by atoms with Crippen molar-refractivity contribution < 1.29 is 12.8 Å². The van der Waals surface area contributed by atoms with E-state index >= 15 is 0 Å². The molecule has 0 N–H and O–H groups in total. The van der Waals surface area contributed by atoms with Gasteiger partial charge >= 0.3 is 0 Å². The average Bonchev–Trinajstić information content (AvgIpc) is 3.01. The first-order chi connectivity index (χ1) is 12.4. The maximum atomic E-state index is 13.3. The van der Waals surface area contributed by atoms with Gasteiger partial charge in [0, 0.05) is 30.8 Å². The first-order valence-corrected chi connectivity index (χ1v) is 10.5. The van der Waals surface area contributed by atoms with Crippen LogP contribution in [0.2, 0.25) is 0 Å². The van der Waals surface area contributed by atoms with Gasteiger partial charge in [0.25, 0.3) is 0 Å².